The summed E-state index contributed by atoms with van der Waals surface area (Å²) in [5.41, 5.74) is 1.27. The summed E-state index contributed by atoms with van der Waals surface area (Å²) < 4.78 is 5.55. The van der Waals surface area contributed by atoms with Crippen molar-refractivity contribution < 1.29 is 4.74 Å². The van der Waals surface area contributed by atoms with Crippen LogP contribution in [0.1, 0.15) is 26.2 Å². The van der Waals surface area contributed by atoms with Crippen molar-refractivity contribution in [1.29, 1.82) is 0 Å². The Morgan fingerprint density at radius 2 is 2.11 bits per heavy atom. The van der Waals surface area contributed by atoms with Crippen LogP contribution in [-0.2, 0) is 0 Å². The van der Waals surface area contributed by atoms with Crippen LogP contribution in [-0.4, -0.2) is 43.7 Å². The van der Waals surface area contributed by atoms with E-state index in [0.717, 1.165) is 18.3 Å². The minimum Gasteiger partial charge on any atom is -0.495 e. The summed E-state index contributed by atoms with van der Waals surface area (Å²) in [6.07, 6.45) is 3.91. The third kappa shape index (κ3) is 2.32. The average Bonchev–Trinajstić information content (AvgIpc) is 2.93. The molecule has 104 valence electrons. The summed E-state index contributed by atoms with van der Waals surface area (Å²) >= 11 is 0. The van der Waals surface area contributed by atoms with Gasteiger partial charge < -0.3 is 9.64 Å². The number of hydrogen-bond acceptors (Lipinski definition) is 3. The van der Waals surface area contributed by atoms with Gasteiger partial charge in [0.2, 0.25) is 0 Å². The number of piperazine rings is 1. The molecule has 2 atom stereocenters. The largest absolute Gasteiger partial charge is 0.495 e. The Hall–Kier alpha value is -1.22. The lowest BCUT2D eigenvalue weighted by Crippen LogP contribution is -2.56. The molecular formula is C16H24N2O. The van der Waals surface area contributed by atoms with E-state index < -0.39 is 0 Å². The van der Waals surface area contributed by atoms with Crippen LogP contribution in [0.2, 0.25) is 0 Å². The first-order valence-corrected chi connectivity index (χ1v) is 7.47. The molecule has 0 N–H and O–H groups in total. The van der Waals surface area contributed by atoms with Crippen LogP contribution in [0.5, 0.6) is 5.75 Å². The van der Waals surface area contributed by atoms with Crippen molar-refractivity contribution in [3.8, 4) is 5.75 Å². The van der Waals surface area contributed by atoms with Gasteiger partial charge in [0.25, 0.3) is 0 Å². The predicted octanol–water partition coefficient (Wildman–Crippen LogP) is 2.76. The summed E-state index contributed by atoms with van der Waals surface area (Å²) in [5, 5.41) is 0. The highest BCUT2D eigenvalue weighted by atomic mass is 16.5. The predicted molar refractivity (Wildman–Crippen MR) is 79.0 cm³/mol. The fraction of sp³-hybridized carbons (Fsp3) is 0.625. The number of anilines is 1. The lowest BCUT2D eigenvalue weighted by atomic mass is 10.0. The summed E-state index contributed by atoms with van der Waals surface area (Å²) in [6.45, 7) is 5.95. The highest BCUT2D eigenvalue weighted by molar-refractivity contribution is 5.59. The molecule has 3 rings (SSSR count). The molecule has 0 radical (unpaired) electrons. The van der Waals surface area contributed by atoms with Crippen molar-refractivity contribution in [2.75, 3.05) is 31.6 Å². The van der Waals surface area contributed by atoms with Crippen molar-refractivity contribution in [1.82, 2.24) is 4.90 Å². The Morgan fingerprint density at radius 3 is 2.89 bits per heavy atom. The molecule has 0 amide bonds. The molecule has 2 saturated heterocycles. The third-order valence-corrected chi connectivity index (χ3v) is 4.66. The SMILES string of the molecule is CCC1CN2CCCC2CN1c1ccccc1OC. The molecule has 0 aromatic heterocycles. The van der Waals surface area contributed by atoms with E-state index in [0.29, 0.717) is 6.04 Å². The van der Waals surface area contributed by atoms with Gasteiger partial charge in [-0.3, -0.25) is 4.90 Å². The monoisotopic (exact) mass is 260 g/mol. The molecule has 0 saturated carbocycles. The van der Waals surface area contributed by atoms with E-state index >= 15 is 0 Å². The van der Waals surface area contributed by atoms with Crippen molar-refractivity contribution >= 4 is 5.69 Å². The average molecular weight is 260 g/mol. The molecule has 19 heavy (non-hydrogen) atoms. The van der Waals surface area contributed by atoms with E-state index in [1.165, 1.54) is 38.0 Å². The van der Waals surface area contributed by atoms with Crippen LogP contribution in [0.4, 0.5) is 5.69 Å². The van der Waals surface area contributed by atoms with Gasteiger partial charge in [-0.25, -0.2) is 0 Å². The zero-order valence-corrected chi connectivity index (χ0v) is 12.0. The van der Waals surface area contributed by atoms with E-state index in [4.69, 9.17) is 4.74 Å². The standard InChI is InChI=1S/C16H24N2O/c1-3-13-11-17-10-6-7-14(17)12-18(13)15-8-4-5-9-16(15)19-2/h4-5,8-9,13-14H,3,6-7,10-12H2,1-2H3. The second-order valence-electron chi connectivity index (χ2n) is 5.68. The van der Waals surface area contributed by atoms with Crippen LogP contribution in [0.25, 0.3) is 0 Å². The molecule has 3 heteroatoms. The molecule has 2 aliphatic rings. The van der Waals surface area contributed by atoms with E-state index in [1.807, 2.05) is 0 Å². The Bertz CT molecular complexity index is 435. The van der Waals surface area contributed by atoms with Crippen LogP contribution in [0.3, 0.4) is 0 Å². The summed E-state index contributed by atoms with van der Waals surface area (Å²) in [6, 6.07) is 9.80. The summed E-state index contributed by atoms with van der Waals surface area (Å²) in [7, 11) is 1.77. The number of methoxy groups -OCH3 is 1. The molecule has 2 unspecified atom stereocenters. The molecule has 2 fully saturated rings. The molecule has 2 heterocycles. The molecule has 0 bridgehead atoms. The molecular weight excluding hydrogens is 236 g/mol. The van der Waals surface area contributed by atoms with Gasteiger partial charge in [-0.1, -0.05) is 19.1 Å². The second kappa shape index (κ2) is 5.41. The molecule has 1 aromatic rings. The lowest BCUT2D eigenvalue weighted by Gasteiger charge is -2.45. The Balaban J connectivity index is 1.88. The van der Waals surface area contributed by atoms with Gasteiger partial charge in [-0.15, -0.1) is 0 Å². The summed E-state index contributed by atoms with van der Waals surface area (Å²) in [5.74, 6) is 1.01. The first-order chi connectivity index (χ1) is 9.33. The molecule has 1 aromatic carbocycles. The first kappa shape index (κ1) is 12.8. The minimum absolute atomic E-state index is 0.616. The first-order valence-electron chi connectivity index (χ1n) is 7.47. The Labute approximate surface area is 116 Å². The van der Waals surface area contributed by atoms with Crippen LogP contribution in [0, 0.1) is 0 Å². The minimum atomic E-state index is 0.616. The number of benzene rings is 1. The van der Waals surface area contributed by atoms with Crippen molar-refractivity contribution in [3.63, 3.8) is 0 Å². The van der Waals surface area contributed by atoms with Gasteiger partial charge in [0.15, 0.2) is 0 Å². The van der Waals surface area contributed by atoms with Crippen molar-refractivity contribution in [3.05, 3.63) is 24.3 Å². The quantitative estimate of drug-likeness (QED) is 0.831. The van der Waals surface area contributed by atoms with Gasteiger partial charge >= 0.3 is 0 Å². The van der Waals surface area contributed by atoms with Crippen LogP contribution in [0.15, 0.2) is 24.3 Å². The number of nitrogens with zero attached hydrogens (tertiary/aromatic N) is 2. The van der Waals surface area contributed by atoms with Crippen molar-refractivity contribution in [2.45, 2.75) is 38.3 Å². The lowest BCUT2D eigenvalue weighted by molar-refractivity contribution is 0.194. The van der Waals surface area contributed by atoms with Gasteiger partial charge in [0.1, 0.15) is 5.75 Å². The molecule has 0 aliphatic carbocycles. The number of ether oxygens (including phenoxy) is 1. The zero-order chi connectivity index (χ0) is 13.2. The third-order valence-electron chi connectivity index (χ3n) is 4.66. The van der Waals surface area contributed by atoms with E-state index in [9.17, 15) is 0 Å². The summed E-state index contributed by atoms with van der Waals surface area (Å²) in [4.78, 5) is 5.26. The topological polar surface area (TPSA) is 15.7 Å². The van der Waals surface area contributed by atoms with Crippen molar-refractivity contribution in [2.24, 2.45) is 0 Å². The fourth-order valence-electron chi connectivity index (χ4n) is 3.60. The zero-order valence-electron chi connectivity index (χ0n) is 12.0. The van der Waals surface area contributed by atoms with Gasteiger partial charge in [-0.2, -0.15) is 0 Å². The number of fused-ring (bicyclic) bond motifs is 1. The number of para-hydroxylation sites is 2. The fourth-order valence-corrected chi connectivity index (χ4v) is 3.60. The van der Waals surface area contributed by atoms with E-state index in [1.54, 1.807) is 7.11 Å². The van der Waals surface area contributed by atoms with E-state index in [-0.39, 0.29) is 0 Å². The van der Waals surface area contributed by atoms with Gasteiger partial charge in [0, 0.05) is 25.2 Å². The Morgan fingerprint density at radius 1 is 1.26 bits per heavy atom. The normalized spacial score (nSPS) is 27.4. The van der Waals surface area contributed by atoms with E-state index in [2.05, 4.69) is 41.0 Å². The van der Waals surface area contributed by atoms with Gasteiger partial charge in [-0.05, 0) is 37.9 Å². The smallest absolute Gasteiger partial charge is 0.142 e. The molecule has 0 spiro atoms. The highest BCUT2D eigenvalue weighted by Gasteiger charge is 2.36. The maximum Gasteiger partial charge on any atom is 0.142 e. The molecule has 3 nitrogen and oxygen atoms in total. The maximum atomic E-state index is 5.55. The molecule has 2 aliphatic heterocycles. The number of hydrogen-bond donors (Lipinski definition) is 0. The number of rotatable bonds is 3. The Kier molecular flexibility index (Phi) is 3.65. The van der Waals surface area contributed by atoms with Crippen LogP contribution >= 0.6 is 0 Å². The van der Waals surface area contributed by atoms with Crippen LogP contribution < -0.4 is 9.64 Å². The second-order valence-corrected chi connectivity index (χ2v) is 5.68. The van der Waals surface area contributed by atoms with Gasteiger partial charge in [0.05, 0.1) is 12.8 Å². The maximum absolute atomic E-state index is 5.55. The highest BCUT2D eigenvalue weighted by Crippen LogP contribution is 2.34.